The third-order valence-electron chi connectivity index (χ3n) is 6.49. The molecule has 3 unspecified atom stereocenters. The molecule has 10 nitrogen and oxygen atoms in total. The number of nitrogens with two attached hydrogens (primary N) is 1. The number of ether oxygens (including phenoxy) is 1. The molecule has 3 heterocycles. The summed E-state index contributed by atoms with van der Waals surface area (Å²) in [6.45, 7) is 0.778. The van der Waals surface area contributed by atoms with Gasteiger partial charge in [0.2, 0.25) is 0 Å². The average Bonchev–Trinajstić information content (AvgIpc) is 3.51. The number of carbonyl (C=O) groups excluding carboxylic acids is 1. The summed E-state index contributed by atoms with van der Waals surface area (Å²) in [6, 6.07) is 15.2. The normalized spacial score (nSPS) is 20.5. The average molecular weight is 484 g/mol. The summed E-state index contributed by atoms with van der Waals surface area (Å²) < 4.78 is 7.62. The minimum atomic E-state index is -0.597. The largest absolute Gasteiger partial charge is 0.477 e. The van der Waals surface area contributed by atoms with Crippen molar-refractivity contribution in [2.24, 2.45) is 0 Å². The molecule has 10 heteroatoms. The van der Waals surface area contributed by atoms with Crippen molar-refractivity contribution >= 4 is 28.4 Å². The van der Waals surface area contributed by atoms with Gasteiger partial charge in [0, 0.05) is 18.5 Å². The first-order valence-electron chi connectivity index (χ1n) is 11.8. The van der Waals surface area contributed by atoms with Gasteiger partial charge in [-0.1, -0.05) is 48.6 Å². The topological polar surface area (TPSA) is 140 Å². The van der Waals surface area contributed by atoms with Crippen LogP contribution in [-0.2, 0) is 11.3 Å². The fourth-order valence-electron chi connectivity index (χ4n) is 4.61. The quantitative estimate of drug-likeness (QED) is 0.317. The molecule has 1 aliphatic carbocycles. The number of carbonyl (C=O) groups is 1. The molecule has 4 aromatic rings. The van der Waals surface area contributed by atoms with Gasteiger partial charge in [-0.3, -0.25) is 4.79 Å². The molecule has 1 amide bonds. The molecule has 2 aromatic carbocycles. The zero-order chi connectivity index (χ0) is 24.6. The van der Waals surface area contributed by atoms with Crippen molar-refractivity contribution in [3.05, 3.63) is 72.6 Å². The number of para-hydroxylation sites is 2. The molecule has 1 aliphatic heterocycles. The highest BCUT2D eigenvalue weighted by Crippen LogP contribution is 2.34. The van der Waals surface area contributed by atoms with Gasteiger partial charge < -0.3 is 26.2 Å². The van der Waals surface area contributed by atoms with Crippen molar-refractivity contribution in [3.8, 4) is 17.0 Å². The van der Waals surface area contributed by atoms with Gasteiger partial charge in [-0.05, 0) is 17.7 Å². The minimum absolute atomic E-state index is 0.108. The van der Waals surface area contributed by atoms with E-state index in [1.54, 1.807) is 10.8 Å². The number of allylic oxidation sites excluding steroid dienone is 1. The van der Waals surface area contributed by atoms with Gasteiger partial charge in [0.15, 0.2) is 11.8 Å². The number of fused-ring (bicyclic) bond motifs is 2. The first-order valence-corrected chi connectivity index (χ1v) is 11.8. The fourth-order valence-corrected chi connectivity index (χ4v) is 4.61. The van der Waals surface area contributed by atoms with E-state index in [4.69, 9.17) is 15.6 Å². The van der Waals surface area contributed by atoms with Gasteiger partial charge in [0.05, 0.1) is 29.8 Å². The molecule has 2 aliphatic rings. The van der Waals surface area contributed by atoms with E-state index in [-0.39, 0.29) is 11.9 Å². The van der Waals surface area contributed by atoms with E-state index in [2.05, 4.69) is 20.6 Å². The smallest absolute Gasteiger partial charge is 0.263 e. The fraction of sp³-hybridized carbons (Fsp3) is 0.231. The summed E-state index contributed by atoms with van der Waals surface area (Å²) in [5.74, 6) is 0.844. The van der Waals surface area contributed by atoms with Crippen molar-refractivity contribution in [3.63, 3.8) is 0 Å². The lowest BCUT2D eigenvalue weighted by molar-refractivity contribution is -0.127. The predicted molar refractivity (Wildman–Crippen MR) is 135 cm³/mol. The lowest BCUT2D eigenvalue weighted by atomic mass is 10.1. The number of rotatable bonds is 5. The number of hydrogen-bond donors (Lipinski definition) is 4. The number of benzene rings is 2. The summed E-state index contributed by atoms with van der Waals surface area (Å²) in [6.07, 6.45) is 4.54. The number of nitrogen functional groups attached to an aromatic ring is 1. The molecule has 0 saturated heterocycles. The summed E-state index contributed by atoms with van der Waals surface area (Å²) in [4.78, 5) is 21.2. The summed E-state index contributed by atoms with van der Waals surface area (Å²) in [5.41, 5.74) is 10.2. The van der Waals surface area contributed by atoms with Gasteiger partial charge in [-0.2, -0.15) is 5.10 Å². The number of nitrogens with one attached hydrogen (secondary N) is 2. The van der Waals surface area contributed by atoms with Crippen LogP contribution in [0.3, 0.4) is 0 Å². The number of nitrogens with zero attached hydrogens (tertiary/aromatic N) is 4. The van der Waals surface area contributed by atoms with Crippen LogP contribution in [0.1, 0.15) is 18.0 Å². The Bertz CT molecular complexity index is 1460. The molecule has 6 rings (SSSR count). The van der Waals surface area contributed by atoms with Gasteiger partial charge >= 0.3 is 0 Å². The maximum absolute atomic E-state index is 12.7. The SMILES string of the molecule is Nc1ncnc2c1c(-c1ccc(CNC(=O)C3CNc4ccccc4O3)cc1)nn2C1C=CC(O)C1. The van der Waals surface area contributed by atoms with Crippen molar-refractivity contribution in [1.82, 2.24) is 25.1 Å². The molecule has 0 spiro atoms. The molecule has 0 fully saturated rings. The first-order chi connectivity index (χ1) is 17.6. The Morgan fingerprint density at radius 2 is 2.00 bits per heavy atom. The number of hydrogen-bond acceptors (Lipinski definition) is 8. The van der Waals surface area contributed by atoms with Gasteiger partial charge in [-0.15, -0.1) is 0 Å². The predicted octanol–water partition coefficient (Wildman–Crippen LogP) is 2.43. The van der Waals surface area contributed by atoms with Crippen LogP contribution in [0.2, 0.25) is 0 Å². The van der Waals surface area contributed by atoms with E-state index >= 15 is 0 Å². The molecular weight excluding hydrogens is 458 g/mol. The number of aliphatic hydroxyl groups excluding tert-OH is 1. The highest BCUT2D eigenvalue weighted by molar-refractivity contribution is 5.98. The zero-order valence-electron chi connectivity index (χ0n) is 19.3. The second-order valence-corrected chi connectivity index (χ2v) is 8.90. The van der Waals surface area contributed by atoms with Gasteiger partial charge in [0.25, 0.3) is 5.91 Å². The van der Waals surface area contributed by atoms with Gasteiger partial charge in [-0.25, -0.2) is 14.6 Å². The minimum Gasteiger partial charge on any atom is -0.477 e. The molecule has 182 valence electrons. The van der Waals surface area contributed by atoms with Crippen molar-refractivity contribution < 1.29 is 14.6 Å². The third kappa shape index (κ3) is 4.01. The standard InChI is InChI=1S/C26H25N7O3/c27-24-22-23(32-33(25(22)31-14-30-24)17-9-10-18(34)11-17)16-7-5-15(6-8-16)12-29-26(35)21-13-28-19-3-1-2-4-20(19)36-21/h1-10,14,17-18,21,28,34H,11-13H2,(H,29,35)(H2,27,30,31). The molecule has 0 radical (unpaired) electrons. The van der Waals surface area contributed by atoms with Crippen LogP contribution in [0, 0.1) is 0 Å². The van der Waals surface area contributed by atoms with E-state index in [1.165, 1.54) is 6.33 Å². The van der Waals surface area contributed by atoms with E-state index in [1.807, 2.05) is 54.6 Å². The van der Waals surface area contributed by atoms with Gasteiger partial charge in [0.1, 0.15) is 23.6 Å². The highest BCUT2D eigenvalue weighted by Gasteiger charge is 2.26. The first kappa shape index (κ1) is 22.1. The van der Waals surface area contributed by atoms with E-state index in [9.17, 15) is 9.90 Å². The molecule has 5 N–H and O–H groups in total. The molecular formula is C26H25N7O3. The van der Waals surface area contributed by atoms with Crippen molar-refractivity contribution in [1.29, 1.82) is 0 Å². The number of amides is 1. The maximum atomic E-state index is 12.7. The Labute approximate surface area is 206 Å². The number of aromatic nitrogens is 4. The molecule has 2 aromatic heterocycles. The molecule has 36 heavy (non-hydrogen) atoms. The molecule has 0 saturated carbocycles. The lowest BCUT2D eigenvalue weighted by Gasteiger charge is -2.26. The second kappa shape index (κ2) is 8.97. The second-order valence-electron chi connectivity index (χ2n) is 8.90. The van der Waals surface area contributed by atoms with E-state index < -0.39 is 12.2 Å². The van der Waals surface area contributed by atoms with Crippen molar-refractivity contribution in [2.45, 2.75) is 31.2 Å². The molecule has 3 atom stereocenters. The Kier molecular flexibility index (Phi) is 5.49. The van der Waals surface area contributed by atoms with Crippen LogP contribution >= 0.6 is 0 Å². The summed E-state index contributed by atoms with van der Waals surface area (Å²) in [7, 11) is 0. The summed E-state index contributed by atoms with van der Waals surface area (Å²) >= 11 is 0. The van der Waals surface area contributed by atoms with Crippen LogP contribution in [0.15, 0.2) is 67.0 Å². The van der Waals surface area contributed by atoms with Crippen LogP contribution in [-0.4, -0.2) is 49.5 Å². The third-order valence-corrected chi connectivity index (χ3v) is 6.49. The van der Waals surface area contributed by atoms with Crippen LogP contribution in [0.5, 0.6) is 5.75 Å². The number of aliphatic hydroxyl groups is 1. The monoisotopic (exact) mass is 483 g/mol. The highest BCUT2D eigenvalue weighted by atomic mass is 16.5. The van der Waals surface area contributed by atoms with Crippen LogP contribution < -0.4 is 21.1 Å². The number of anilines is 2. The van der Waals surface area contributed by atoms with Crippen LogP contribution in [0.25, 0.3) is 22.3 Å². The Balaban J connectivity index is 1.18. The Morgan fingerprint density at radius 3 is 2.81 bits per heavy atom. The summed E-state index contributed by atoms with van der Waals surface area (Å²) in [5, 5.41) is 21.6. The van der Waals surface area contributed by atoms with Crippen LogP contribution in [0.4, 0.5) is 11.5 Å². The molecule has 0 bridgehead atoms. The maximum Gasteiger partial charge on any atom is 0.263 e. The zero-order valence-corrected chi connectivity index (χ0v) is 19.3. The lowest BCUT2D eigenvalue weighted by Crippen LogP contribution is -2.44. The Hall–Kier alpha value is -4.44. The Morgan fingerprint density at radius 1 is 1.17 bits per heavy atom. The van der Waals surface area contributed by atoms with E-state index in [0.717, 1.165) is 16.8 Å². The van der Waals surface area contributed by atoms with E-state index in [0.29, 0.717) is 47.8 Å². The van der Waals surface area contributed by atoms with Crippen molar-refractivity contribution in [2.75, 3.05) is 17.6 Å².